The number of nitrogens with zero attached hydrogens (tertiary/aromatic N) is 1. The minimum Gasteiger partial charge on any atom is -0.497 e. The third-order valence-corrected chi connectivity index (χ3v) is 6.38. The molecule has 0 saturated carbocycles. The first-order valence-corrected chi connectivity index (χ1v) is 11.0. The van der Waals surface area contributed by atoms with Crippen LogP contribution in [0.15, 0.2) is 45.5 Å². The topological polar surface area (TPSA) is 84.1 Å². The Morgan fingerprint density at radius 1 is 1.17 bits per heavy atom. The van der Waals surface area contributed by atoms with Crippen molar-refractivity contribution in [2.75, 3.05) is 12.4 Å². The van der Waals surface area contributed by atoms with E-state index in [0.29, 0.717) is 28.5 Å². The molecule has 0 unspecified atom stereocenters. The van der Waals surface area contributed by atoms with Gasteiger partial charge in [-0.3, -0.25) is 9.59 Å². The molecule has 7 heteroatoms. The second-order valence-electron chi connectivity index (χ2n) is 8.96. The van der Waals surface area contributed by atoms with Crippen LogP contribution in [0.5, 0.6) is 5.75 Å². The Morgan fingerprint density at radius 2 is 1.87 bits per heavy atom. The number of nitrogens with one attached hydrogen (secondary N) is 2. The summed E-state index contributed by atoms with van der Waals surface area (Å²) < 4.78 is 5.28. The van der Waals surface area contributed by atoms with Gasteiger partial charge in [0.1, 0.15) is 11.6 Å². The molecule has 2 aliphatic rings. The number of ketones is 1. The highest BCUT2D eigenvalue weighted by atomic mass is 32.2. The number of rotatable bonds is 4. The zero-order chi connectivity index (χ0) is 21.6. The Kier molecular flexibility index (Phi) is 5.26. The van der Waals surface area contributed by atoms with Crippen molar-refractivity contribution in [3.05, 3.63) is 57.0 Å². The van der Waals surface area contributed by atoms with E-state index in [9.17, 15) is 9.59 Å². The van der Waals surface area contributed by atoms with Gasteiger partial charge in [0, 0.05) is 28.9 Å². The Balaban J connectivity index is 1.91. The van der Waals surface area contributed by atoms with Gasteiger partial charge in [-0.2, -0.15) is 0 Å². The molecule has 1 aromatic heterocycles. The predicted molar refractivity (Wildman–Crippen MR) is 119 cm³/mol. The fourth-order valence-electron chi connectivity index (χ4n) is 4.30. The average molecular weight is 426 g/mol. The molecule has 0 saturated heterocycles. The molecule has 1 aliphatic carbocycles. The van der Waals surface area contributed by atoms with Crippen LogP contribution in [0.3, 0.4) is 0 Å². The van der Waals surface area contributed by atoms with Gasteiger partial charge in [-0.15, -0.1) is 0 Å². The maximum Gasteiger partial charge on any atom is 0.257 e. The number of allylic oxidation sites excluding steroid dienone is 2. The van der Waals surface area contributed by atoms with Crippen LogP contribution in [0.25, 0.3) is 0 Å². The number of carbonyl (C=O) groups excluding carboxylic acids is 1. The van der Waals surface area contributed by atoms with E-state index < -0.39 is 5.92 Å². The minimum atomic E-state index is -0.444. The Morgan fingerprint density at radius 3 is 2.50 bits per heavy atom. The molecule has 1 aliphatic heterocycles. The lowest BCUT2D eigenvalue weighted by Crippen LogP contribution is -2.37. The molecule has 0 fully saturated rings. The zero-order valence-electron chi connectivity index (χ0n) is 18.0. The highest BCUT2D eigenvalue weighted by Crippen LogP contribution is 2.47. The molecule has 158 valence electrons. The Labute approximate surface area is 180 Å². The summed E-state index contributed by atoms with van der Waals surface area (Å²) in [7, 11) is 1.62. The van der Waals surface area contributed by atoms with Crippen molar-refractivity contribution in [1.82, 2.24) is 9.97 Å². The SMILES string of the molecule is COc1ccc([C@@H]2C3=C(CC(C)(C)CC3=O)Nc3nc(SC(C)C)[nH]c(=O)c32)cc1. The van der Waals surface area contributed by atoms with Crippen molar-refractivity contribution < 1.29 is 9.53 Å². The first-order chi connectivity index (χ1) is 14.2. The molecule has 30 heavy (non-hydrogen) atoms. The van der Waals surface area contributed by atoms with Gasteiger partial charge in [0.15, 0.2) is 10.9 Å². The lowest BCUT2D eigenvalue weighted by molar-refractivity contribution is -0.118. The Hall–Kier alpha value is -2.54. The summed E-state index contributed by atoms with van der Waals surface area (Å²) in [5, 5.41) is 4.22. The molecule has 2 heterocycles. The largest absolute Gasteiger partial charge is 0.497 e. The van der Waals surface area contributed by atoms with Gasteiger partial charge < -0.3 is 15.0 Å². The molecule has 0 radical (unpaired) electrons. The van der Waals surface area contributed by atoms with Crippen LogP contribution in [0.2, 0.25) is 0 Å². The molecule has 2 N–H and O–H groups in total. The number of thioether (sulfide) groups is 1. The summed E-state index contributed by atoms with van der Waals surface area (Å²) in [6.45, 7) is 8.31. The molecular weight excluding hydrogens is 398 g/mol. The third kappa shape index (κ3) is 3.78. The molecule has 0 amide bonds. The summed E-state index contributed by atoms with van der Waals surface area (Å²) in [4.78, 5) is 34.0. The van der Waals surface area contributed by atoms with Crippen LogP contribution in [0.4, 0.5) is 5.82 Å². The number of anilines is 1. The highest BCUT2D eigenvalue weighted by Gasteiger charge is 2.42. The van der Waals surface area contributed by atoms with Crippen LogP contribution in [0.1, 0.15) is 57.6 Å². The first kappa shape index (κ1) is 20.7. The van der Waals surface area contributed by atoms with Crippen molar-refractivity contribution in [1.29, 1.82) is 0 Å². The van der Waals surface area contributed by atoms with Crippen molar-refractivity contribution in [3.8, 4) is 5.75 Å². The molecule has 4 rings (SSSR count). The second kappa shape index (κ2) is 7.61. The van der Waals surface area contributed by atoms with Crippen molar-refractivity contribution in [3.63, 3.8) is 0 Å². The minimum absolute atomic E-state index is 0.0836. The fourth-order valence-corrected chi connectivity index (χ4v) is 5.04. The molecule has 1 aromatic carbocycles. The van der Waals surface area contributed by atoms with Gasteiger partial charge in [-0.25, -0.2) is 4.98 Å². The summed E-state index contributed by atoms with van der Waals surface area (Å²) in [5.74, 6) is 0.918. The fraction of sp³-hybridized carbons (Fsp3) is 0.435. The number of methoxy groups -OCH3 is 1. The van der Waals surface area contributed by atoms with Gasteiger partial charge in [0.25, 0.3) is 5.56 Å². The van der Waals surface area contributed by atoms with Crippen molar-refractivity contribution >= 4 is 23.4 Å². The van der Waals surface area contributed by atoms with E-state index >= 15 is 0 Å². The quantitative estimate of drug-likeness (QED) is 0.555. The number of aromatic nitrogens is 2. The molecule has 2 aromatic rings. The highest BCUT2D eigenvalue weighted by molar-refractivity contribution is 7.99. The van der Waals surface area contributed by atoms with E-state index in [-0.39, 0.29) is 22.0 Å². The van der Waals surface area contributed by atoms with E-state index in [1.807, 2.05) is 24.3 Å². The van der Waals surface area contributed by atoms with Crippen LogP contribution in [0, 0.1) is 5.41 Å². The average Bonchev–Trinajstić information content (AvgIpc) is 2.65. The van der Waals surface area contributed by atoms with E-state index in [4.69, 9.17) is 9.72 Å². The monoisotopic (exact) mass is 425 g/mol. The number of hydrogen-bond donors (Lipinski definition) is 2. The van der Waals surface area contributed by atoms with E-state index in [1.165, 1.54) is 11.8 Å². The van der Waals surface area contributed by atoms with Crippen LogP contribution in [-0.2, 0) is 4.79 Å². The molecule has 0 bridgehead atoms. The molecule has 6 nitrogen and oxygen atoms in total. The summed E-state index contributed by atoms with van der Waals surface area (Å²) in [5.41, 5.74) is 2.60. The van der Waals surface area contributed by atoms with E-state index in [0.717, 1.165) is 23.4 Å². The smallest absolute Gasteiger partial charge is 0.257 e. The Bertz CT molecular complexity index is 1080. The predicted octanol–water partition coefficient (Wildman–Crippen LogP) is 4.48. The number of benzene rings is 1. The van der Waals surface area contributed by atoms with E-state index in [1.54, 1.807) is 7.11 Å². The van der Waals surface area contributed by atoms with Crippen LogP contribution >= 0.6 is 11.8 Å². The van der Waals surface area contributed by atoms with Crippen LogP contribution < -0.4 is 15.6 Å². The lowest BCUT2D eigenvalue weighted by atomic mass is 9.69. The number of Topliss-reactive ketones (excluding diaryl/α,β-unsaturated/α-hetero) is 1. The number of ether oxygens (including phenoxy) is 1. The summed E-state index contributed by atoms with van der Waals surface area (Å²) in [6, 6.07) is 7.57. The van der Waals surface area contributed by atoms with Crippen LogP contribution in [-0.4, -0.2) is 28.1 Å². The van der Waals surface area contributed by atoms with Gasteiger partial charge >= 0.3 is 0 Å². The zero-order valence-corrected chi connectivity index (χ0v) is 18.8. The van der Waals surface area contributed by atoms with Crippen molar-refractivity contribution in [2.24, 2.45) is 5.41 Å². The maximum absolute atomic E-state index is 13.2. The molecular formula is C23H27N3O3S. The number of aromatic amines is 1. The normalized spacial score (nSPS) is 19.9. The van der Waals surface area contributed by atoms with Crippen molar-refractivity contribution in [2.45, 2.75) is 56.9 Å². The number of H-pyrrole nitrogens is 1. The first-order valence-electron chi connectivity index (χ1n) is 10.2. The second-order valence-corrected chi connectivity index (χ2v) is 10.5. The van der Waals surface area contributed by atoms with Gasteiger partial charge in [0.05, 0.1) is 12.7 Å². The number of fused-ring (bicyclic) bond motifs is 1. The maximum atomic E-state index is 13.2. The lowest BCUT2D eigenvalue weighted by Gasteiger charge is -2.38. The standard InChI is InChI=1S/C23H27N3O3S/c1-12(2)30-22-25-20-19(21(28)26-22)17(13-6-8-14(29-5)9-7-13)18-15(24-20)10-23(3,4)11-16(18)27/h6-9,12,17H,10-11H2,1-5H3,(H2,24,25,26,28)/t17-/m1/s1. The van der Waals surface area contributed by atoms with Gasteiger partial charge in [0.2, 0.25) is 0 Å². The molecule has 1 atom stereocenters. The summed E-state index contributed by atoms with van der Waals surface area (Å²) in [6.07, 6.45) is 1.20. The number of hydrogen-bond acceptors (Lipinski definition) is 6. The van der Waals surface area contributed by atoms with E-state index in [2.05, 4.69) is 38.0 Å². The summed E-state index contributed by atoms with van der Waals surface area (Å²) >= 11 is 1.51. The third-order valence-electron chi connectivity index (χ3n) is 5.50. The number of carbonyl (C=O) groups is 1. The van der Waals surface area contributed by atoms with Gasteiger partial charge in [-0.1, -0.05) is 51.6 Å². The molecule has 0 spiro atoms. The van der Waals surface area contributed by atoms with Gasteiger partial charge in [-0.05, 0) is 29.5 Å².